The molecule has 51 heavy (non-hydrogen) atoms. The normalized spacial score (nSPS) is 15.0. The molecule has 0 aliphatic carbocycles. The number of rotatable bonds is 17. The molecule has 1 saturated heterocycles. The molecule has 3 aromatic rings. The van der Waals surface area contributed by atoms with Crippen LogP contribution in [0.5, 0.6) is 11.8 Å². The van der Waals surface area contributed by atoms with Gasteiger partial charge in [-0.1, -0.05) is 63.2 Å². The zero-order chi connectivity index (χ0) is 37.1. The molecule has 0 spiro atoms. The number of aromatic hydroxyl groups is 2. The number of benzene rings is 2. The third kappa shape index (κ3) is 10.2. The molecule has 272 valence electrons. The molecule has 14 heteroatoms. The number of likely N-dealkylation sites (tertiary alicyclic amines) is 1. The van der Waals surface area contributed by atoms with Gasteiger partial charge in [0.2, 0.25) is 29.5 Å². The summed E-state index contributed by atoms with van der Waals surface area (Å²) in [5.74, 6) is -3.62. The minimum absolute atomic E-state index is 0.00175. The van der Waals surface area contributed by atoms with Crippen LogP contribution in [-0.2, 0) is 19.2 Å². The average Bonchev–Trinajstić information content (AvgIpc) is 3.70. The van der Waals surface area contributed by atoms with Gasteiger partial charge in [0, 0.05) is 59.8 Å². The predicted octanol–water partition coefficient (Wildman–Crippen LogP) is 2.92. The standard InChI is InChI=1S/C37H45N5O9/c1-4-37(3,36(50)40-23-39-35(49)27-14-12-26(13-15-27)34(48)25-9-6-5-7-10-25)21-28(41-18-8-11-30(41)44)19-24(2)22-38-29(43)20-33(47)51-42-31(45)16-17-32(42)46/h5-7,9-10,12-17,24,28,45-46H,4,8,11,18-23H2,1-3H3,(H,38,43)(H,39,49)(H,40,50). The molecule has 1 fully saturated rings. The molecule has 0 saturated carbocycles. The number of aromatic nitrogens is 1. The van der Waals surface area contributed by atoms with E-state index in [2.05, 4.69) is 16.0 Å². The van der Waals surface area contributed by atoms with Crippen LogP contribution in [0.1, 0.15) is 85.6 Å². The van der Waals surface area contributed by atoms with Crippen LogP contribution >= 0.6 is 0 Å². The average molecular weight is 704 g/mol. The van der Waals surface area contributed by atoms with Crippen LogP contribution < -0.4 is 20.8 Å². The maximum atomic E-state index is 13.5. The lowest BCUT2D eigenvalue weighted by atomic mass is 9.78. The minimum Gasteiger partial charge on any atom is -0.492 e. The van der Waals surface area contributed by atoms with Gasteiger partial charge in [0.1, 0.15) is 6.42 Å². The molecule has 1 aromatic heterocycles. The van der Waals surface area contributed by atoms with E-state index in [4.69, 9.17) is 4.84 Å². The monoisotopic (exact) mass is 703 g/mol. The lowest BCUT2D eigenvalue weighted by Crippen LogP contribution is -2.48. The molecule has 5 N–H and O–H groups in total. The van der Waals surface area contributed by atoms with Crippen molar-refractivity contribution in [2.75, 3.05) is 19.8 Å². The van der Waals surface area contributed by atoms with Crippen LogP contribution in [0.4, 0.5) is 0 Å². The Bertz CT molecular complexity index is 1700. The van der Waals surface area contributed by atoms with E-state index in [1.165, 1.54) is 0 Å². The van der Waals surface area contributed by atoms with E-state index in [9.17, 15) is 39.0 Å². The number of carbonyl (C=O) groups excluding carboxylic acids is 6. The van der Waals surface area contributed by atoms with Crippen molar-refractivity contribution in [3.63, 3.8) is 0 Å². The Morgan fingerprint density at radius 2 is 1.51 bits per heavy atom. The van der Waals surface area contributed by atoms with Crippen molar-refractivity contribution in [1.29, 1.82) is 0 Å². The van der Waals surface area contributed by atoms with Crippen LogP contribution in [0.15, 0.2) is 66.7 Å². The van der Waals surface area contributed by atoms with Gasteiger partial charge in [-0.3, -0.25) is 24.0 Å². The Kier molecular flexibility index (Phi) is 13.0. The summed E-state index contributed by atoms with van der Waals surface area (Å²) in [5, 5.41) is 27.4. The SMILES string of the molecule is CCC(C)(CC(CC(C)CNC(=O)CC(=O)On1c(O)ccc1O)N1CCCC1=O)C(=O)NCNC(=O)c1ccc(C(=O)c2ccccc2)cc1. The Morgan fingerprint density at radius 3 is 2.12 bits per heavy atom. The van der Waals surface area contributed by atoms with Gasteiger partial charge in [-0.25, -0.2) is 4.79 Å². The molecule has 2 heterocycles. The largest absolute Gasteiger partial charge is 0.492 e. The number of hydrogen-bond acceptors (Lipinski definition) is 9. The molecule has 4 amide bonds. The fraction of sp³-hybridized carbons (Fsp3) is 0.405. The topological polar surface area (TPSA) is 196 Å². The quantitative estimate of drug-likeness (QED) is 0.0798. The first-order chi connectivity index (χ1) is 24.3. The highest BCUT2D eigenvalue weighted by Gasteiger charge is 2.39. The van der Waals surface area contributed by atoms with Crippen LogP contribution in [0.3, 0.4) is 0 Å². The zero-order valence-corrected chi connectivity index (χ0v) is 29.0. The molecule has 14 nitrogen and oxygen atoms in total. The van der Waals surface area contributed by atoms with Gasteiger partial charge in [-0.15, -0.1) is 4.73 Å². The van der Waals surface area contributed by atoms with Crippen molar-refractivity contribution in [2.24, 2.45) is 11.3 Å². The van der Waals surface area contributed by atoms with Gasteiger partial charge in [-0.05, 0) is 43.7 Å². The van der Waals surface area contributed by atoms with Crippen LogP contribution in [0.25, 0.3) is 0 Å². The van der Waals surface area contributed by atoms with Gasteiger partial charge in [0.05, 0.1) is 6.67 Å². The highest BCUT2D eigenvalue weighted by Crippen LogP contribution is 2.33. The Labute approximate surface area is 296 Å². The highest BCUT2D eigenvalue weighted by atomic mass is 16.7. The molecule has 1 aliphatic rings. The van der Waals surface area contributed by atoms with E-state index in [1.54, 1.807) is 53.4 Å². The fourth-order valence-corrected chi connectivity index (χ4v) is 6.00. The van der Waals surface area contributed by atoms with Gasteiger partial charge in [0.15, 0.2) is 5.78 Å². The van der Waals surface area contributed by atoms with Crippen LogP contribution in [0, 0.1) is 11.3 Å². The summed E-state index contributed by atoms with van der Waals surface area (Å²) in [6.45, 7) is 6.21. The summed E-state index contributed by atoms with van der Waals surface area (Å²) in [4.78, 5) is 83.0. The maximum absolute atomic E-state index is 13.5. The number of hydrogen-bond donors (Lipinski definition) is 5. The van der Waals surface area contributed by atoms with E-state index in [-0.39, 0.29) is 42.8 Å². The predicted molar refractivity (Wildman–Crippen MR) is 185 cm³/mol. The molecule has 1 aliphatic heterocycles. The summed E-state index contributed by atoms with van der Waals surface area (Å²) in [7, 11) is 0. The second kappa shape index (κ2) is 17.3. The number of amides is 4. The molecule has 4 rings (SSSR count). The fourth-order valence-electron chi connectivity index (χ4n) is 6.00. The first-order valence-corrected chi connectivity index (χ1v) is 16.9. The van der Waals surface area contributed by atoms with E-state index in [1.807, 2.05) is 26.8 Å². The van der Waals surface area contributed by atoms with E-state index in [0.29, 0.717) is 60.1 Å². The lowest BCUT2D eigenvalue weighted by Gasteiger charge is -2.37. The Balaban J connectivity index is 1.29. The van der Waals surface area contributed by atoms with Crippen molar-refractivity contribution >= 4 is 35.4 Å². The molecular formula is C37H45N5O9. The number of nitrogens with zero attached hydrogens (tertiary/aromatic N) is 2. The van der Waals surface area contributed by atoms with Crippen molar-refractivity contribution in [2.45, 2.75) is 65.3 Å². The molecule has 3 atom stereocenters. The van der Waals surface area contributed by atoms with Crippen LogP contribution in [0.2, 0.25) is 0 Å². The first kappa shape index (κ1) is 38.1. The molecule has 3 unspecified atom stereocenters. The second-order valence-electron chi connectivity index (χ2n) is 13.1. The van der Waals surface area contributed by atoms with Crippen molar-refractivity contribution in [3.05, 3.63) is 83.4 Å². The summed E-state index contributed by atoms with van der Waals surface area (Å²) in [6, 6.07) is 17.0. The van der Waals surface area contributed by atoms with Gasteiger partial charge >= 0.3 is 5.97 Å². The summed E-state index contributed by atoms with van der Waals surface area (Å²) >= 11 is 0. The third-order valence-electron chi connectivity index (χ3n) is 9.13. The summed E-state index contributed by atoms with van der Waals surface area (Å²) < 4.78 is 0.501. The summed E-state index contributed by atoms with van der Waals surface area (Å²) in [6.07, 6.45) is 1.75. The van der Waals surface area contributed by atoms with Gasteiger partial charge < -0.3 is 35.9 Å². The second-order valence-corrected chi connectivity index (χ2v) is 13.1. The Morgan fingerprint density at radius 1 is 0.882 bits per heavy atom. The Hall–Kier alpha value is -5.66. The minimum atomic E-state index is -0.989. The van der Waals surface area contributed by atoms with Crippen molar-refractivity contribution in [1.82, 2.24) is 25.6 Å². The number of ketones is 1. The van der Waals surface area contributed by atoms with Gasteiger partial charge in [0.25, 0.3) is 5.91 Å². The first-order valence-electron chi connectivity index (χ1n) is 16.9. The molecular weight excluding hydrogens is 658 g/mol. The van der Waals surface area contributed by atoms with E-state index in [0.717, 1.165) is 12.1 Å². The van der Waals surface area contributed by atoms with E-state index < -0.39 is 41.4 Å². The number of nitrogens with one attached hydrogen (secondary N) is 3. The van der Waals surface area contributed by atoms with Crippen molar-refractivity contribution < 1.29 is 43.8 Å². The smallest absolute Gasteiger partial charge is 0.342 e. The van der Waals surface area contributed by atoms with Crippen LogP contribution in [-0.4, -0.2) is 81.0 Å². The molecule has 2 aromatic carbocycles. The van der Waals surface area contributed by atoms with E-state index >= 15 is 0 Å². The summed E-state index contributed by atoms with van der Waals surface area (Å²) in [5.41, 5.74) is 0.435. The third-order valence-corrected chi connectivity index (χ3v) is 9.13. The maximum Gasteiger partial charge on any atom is 0.342 e. The van der Waals surface area contributed by atoms with Crippen molar-refractivity contribution in [3.8, 4) is 11.8 Å². The van der Waals surface area contributed by atoms with Gasteiger partial charge in [-0.2, -0.15) is 0 Å². The number of carbonyl (C=O) groups is 6. The highest BCUT2D eigenvalue weighted by molar-refractivity contribution is 6.09. The lowest BCUT2D eigenvalue weighted by molar-refractivity contribution is -0.148. The molecule has 0 radical (unpaired) electrons. The zero-order valence-electron chi connectivity index (χ0n) is 29.0. The molecule has 0 bridgehead atoms.